The summed E-state index contributed by atoms with van der Waals surface area (Å²) < 4.78 is 4.83. The highest BCUT2D eigenvalue weighted by atomic mass is 16.5. The number of nitrogens with zero attached hydrogens (tertiary/aromatic N) is 2. The lowest BCUT2D eigenvalue weighted by Gasteiger charge is -2.01. The molecule has 2 N–H and O–H groups in total. The molecule has 0 spiro atoms. The van der Waals surface area contributed by atoms with Crippen molar-refractivity contribution >= 4 is 0 Å². The van der Waals surface area contributed by atoms with Crippen LogP contribution < -0.4 is 5.73 Å². The van der Waals surface area contributed by atoms with E-state index in [2.05, 4.69) is 10.1 Å². The van der Waals surface area contributed by atoms with E-state index in [9.17, 15) is 0 Å². The Bertz CT molecular complexity index is 173. The first-order valence-corrected chi connectivity index (χ1v) is 3.31. The van der Waals surface area contributed by atoms with E-state index < -0.39 is 0 Å². The first-order chi connectivity index (χ1) is 4.84. The van der Waals surface area contributed by atoms with Gasteiger partial charge in [0.15, 0.2) is 6.33 Å². The third-order valence-electron chi connectivity index (χ3n) is 1.40. The van der Waals surface area contributed by atoms with Gasteiger partial charge in [0.25, 0.3) is 0 Å². The van der Waals surface area contributed by atoms with Gasteiger partial charge in [-0.15, -0.1) is 0 Å². The lowest BCUT2D eigenvalue weighted by molar-refractivity contribution is 0.354. The van der Waals surface area contributed by atoms with E-state index in [0.717, 1.165) is 6.42 Å². The summed E-state index contributed by atoms with van der Waals surface area (Å²) in [7, 11) is 0. The minimum Gasteiger partial charge on any atom is -0.339 e. The maximum absolute atomic E-state index is 5.35. The minimum atomic E-state index is 0.285. The van der Waals surface area contributed by atoms with Gasteiger partial charge in [0.05, 0.1) is 0 Å². The standard InChI is InChI=1S/C6H11N3O/c1-5(2-3-7)6-8-4-9-10-6/h4-5H,2-3,7H2,1H3. The zero-order valence-corrected chi connectivity index (χ0v) is 5.95. The second-order valence-electron chi connectivity index (χ2n) is 2.26. The second-order valence-corrected chi connectivity index (χ2v) is 2.26. The fraction of sp³-hybridized carbons (Fsp3) is 0.667. The molecule has 0 fully saturated rings. The van der Waals surface area contributed by atoms with Crippen LogP contribution in [-0.4, -0.2) is 16.7 Å². The lowest BCUT2D eigenvalue weighted by atomic mass is 10.1. The van der Waals surface area contributed by atoms with E-state index in [0.29, 0.717) is 12.4 Å². The molecule has 0 aliphatic carbocycles. The Labute approximate surface area is 59.4 Å². The molecule has 0 saturated heterocycles. The Balaban J connectivity index is 2.50. The Morgan fingerprint density at radius 2 is 2.60 bits per heavy atom. The van der Waals surface area contributed by atoms with Gasteiger partial charge in [-0.1, -0.05) is 12.1 Å². The average Bonchev–Trinajstić information content (AvgIpc) is 2.38. The number of rotatable bonds is 3. The maximum Gasteiger partial charge on any atom is 0.229 e. The van der Waals surface area contributed by atoms with Gasteiger partial charge in [0.2, 0.25) is 5.89 Å². The van der Waals surface area contributed by atoms with Crippen molar-refractivity contribution in [1.29, 1.82) is 0 Å². The molecule has 4 heteroatoms. The molecule has 0 aliphatic rings. The third-order valence-corrected chi connectivity index (χ3v) is 1.40. The molecule has 0 amide bonds. The summed E-state index contributed by atoms with van der Waals surface area (Å²) in [6, 6.07) is 0. The molecule has 0 aliphatic heterocycles. The fourth-order valence-corrected chi connectivity index (χ4v) is 0.772. The van der Waals surface area contributed by atoms with Crippen molar-refractivity contribution in [2.75, 3.05) is 6.54 Å². The van der Waals surface area contributed by atoms with E-state index in [1.807, 2.05) is 6.92 Å². The van der Waals surface area contributed by atoms with Crippen molar-refractivity contribution in [3.63, 3.8) is 0 Å². The molecule has 1 aromatic rings. The lowest BCUT2D eigenvalue weighted by Crippen LogP contribution is -2.04. The highest BCUT2D eigenvalue weighted by molar-refractivity contribution is 4.85. The molecular formula is C6H11N3O. The number of hydrogen-bond donors (Lipinski definition) is 1. The molecule has 1 heterocycles. The summed E-state index contributed by atoms with van der Waals surface area (Å²) in [5, 5.41) is 3.50. The van der Waals surface area contributed by atoms with Crippen LogP contribution in [0.15, 0.2) is 10.9 Å². The van der Waals surface area contributed by atoms with Crippen LogP contribution in [0, 0.1) is 0 Å². The molecule has 0 radical (unpaired) electrons. The van der Waals surface area contributed by atoms with Gasteiger partial charge in [0.1, 0.15) is 0 Å². The Morgan fingerprint density at radius 3 is 3.10 bits per heavy atom. The van der Waals surface area contributed by atoms with E-state index in [4.69, 9.17) is 10.3 Å². The van der Waals surface area contributed by atoms with Gasteiger partial charge in [-0.3, -0.25) is 0 Å². The average molecular weight is 141 g/mol. The number of hydrogen-bond acceptors (Lipinski definition) is 4. The molecule has 56 valence electrons. The van der Waals surface area contributed by atoms with Crippen LogP contribution in [0.25, 0.3) is 0 Å². The third kappa shape index (κ3) is 1.54. The van der Waals surface area contributed by atoms with Gasteiger partial charge in [-0.25, -0.2) is 0 Å². The first-order valence-electron chi connectivity index (χ1n) is 3.31. The predicted octanol–water partition coefficient (Wildman–Crippen LogP) is 0.522. The van der Waals surface area contributed by atoms with Crippen molar-refractivity contribution in [2.45, 2.75) is 19.3 Å². The van der Waals surface area contributed by atoms with Crippen LogP contribution in [-0.2, 0) is 0 Å². The van der Waals surface area contributed by atoms with Crippen molar-refractivity contribution in [3.05, 3.63) is 12.2 Å². The summed E-state index contributed by atoms with van der Waals surface area (Å²) in [6.45, 7) is 2.67. The van der Waals surface area contributed by atoms with Gasteiger partial charge in [-0.05, 0) is 13.0 Å². The Kier molecular flexibility index (Phi) is 2.39. The molecule has 1 aromatic heterocycles. The molecule has 10 heavy (non-hydrogen) atoms. The molecule has 1 atom stereocenters. The minimum absolute atomic E-state index is 0.285. The predicted molar refractivity (Wildman–Crippen MR) is 36.4 cm³/mol. The van der Waals surface area contributed by atoms with Crippen molar-refractivity contribution < 1.29 is 4.52 Å². The quantitative estimate of drug-likeness (QED) is 0.666. The summed E-state index contributed by atoms with van der Waals surface area (Å²) in [5.74, 6) is 0.956. The molecule has 0 aromatic carbocycles. The van der Waals surface area contributed by atoms with E-state index >= 15 is 0 Å². The summed E-state index contributed by atoms with van der Waals surface area (Å²) in [4.78, 5) is 3.90. The SMILES string of the molecule is CC(CCN)c1ncno1. The zero-order chi connectivity index (χ0) is 7.40. The van der Waals surface area contributed by atoms with Gasteiger partial charge >= 0.3 is 0 Å². The van der Waals surface area contributed by atoms with Crippen LogP contribution in [0.5, 0.6) is 0 Å². The van der Waals surface area contributed by atoms with Crippen LogP contribution in [0.2, 0.25) is 0 Å². The van der Waals surface area contributed by atoms with Crippen molar-refractivity contribution in [2.24, 2.45) is 5.73 Å². The van der Waals surface area contributed by atoms with Crippen LogP contribution in [0.4, 0.5) is 0 Å². The number of aromatic nitrogens is 2. The largest absolute Gasteiger partial charge is 0.339 e. The summed E-state index contributed by atoms with van der Waals surface area (Å²) in [6.07, 6.45) is 2.30. The van der Waals surface area contributed by atoms with E-state index in [1.165, 1.54) is 6.33 Å². The van der Waals surface area contributed by atoms with Crippen molar-refractivity contribution in [1.82, 2.24) is 10.1 Å². The number of nitrogens with two attached hydrogens (primary N) is 1. The zero-order valence-electron chi connectivity index (χ0n) is 5.95. The first kappa shape index (κ1) is 7.21. The van der Waals surface area contributed by atoms with Crippen LogP contribution in [0.1, 0.15) is 25.2 Å². The Hall–Kier alpha value is -0.900. The molecule has 0 saturated carbocycles. The molecule has 4 nitrogen and oxygen atoms in total. The molecule has 1 unspecified atom stereocenters. The smallest absolute Gasteiger partial charge is 0.229 e. The fourth-order valence-electron chi connectivity index (χ4n) is 0.772. The molecule has 1 rings (SSSR count). The summed E-state index contributed by atoms with van der Waals surface area (Å²) >= 11 is 0. The van der Waals surface area contributed by atoms with Crippen molar-refractivity contribution in [3.8, 4) is 0 Å². The second kappa shape index (κ2) is 3.31. The summed E-state index contributed by atoms with van der Waals surface area (Å²) in [5.41, 5.74) is 5.35. The molecular weight excluding hydrogens is 130 g/mol. The van der Waals surface area contributed by atoms with Crippen LogP contribution in [0.3, 0.4) is 0 Å². The van der Waals surface area contributed by atoms with Gasteiger partial charge < -0.3 is 10.3 Å². The van der Waals surface area contributed by atoms with Crippen LogP contribution >= 0.6 is 0 Å². The van der Waals surface area contributed by atoms with Gasteiger partial charge in [0, 0.05) is 5.92 Å². The van der Waals surface area contributed by atoms with E-state index in [1.54, 1.807) is 0 Å². The van der Waals surface area contributed by atoms with E-state index in [-0.39, 0.29) is 5.92 Å². The Morgan fingerprint density at radius 1 is 1.80 bits per heavy atom. The maximum atomic E-state index is 5.35. The highest BCUT2D eigenvalue weighted by Gasteiger charge is 2.08. The highest BCUT2D eigenvalue weighted by Crippen LogP contribution is 2.13. The normalized spacial score (nSPS) is 13.4. The van der Waals surface area contributed by atoms with Gasteiger partial charge in [-0.2, -0.15) is 4.98 Å². The topological polar surface area (TPSA) is 64.9 Å². The monoisotopic (exact) mass is 141 g/mol. The molecule has 0 bridgehead atoms.